The largest absolute Gasteiger partial charge is 0.481 e. The summed E-state index contributed by atoms with van der Waals surface area (Å²) in [5.74, 6) is -1.70. The number of nitrogens with zero attached hydrogens (tertiary/aromatic N) is 1. The molecule has 7 heteroatoms. The molecule has 1 heterocycles. The first-order chi connectivity index (χ1) is 11.5. The molecule has 5 nitrogen and oxygen atoms in total. The van der Waals surface area contributed by atoms with E-state index in [1.54, 1.807) is 17.0 Å². The lowest BCUT2D eigenvalue weighted by atomic mass is 10.1. The molecule has 0 bridgehead atoms. The van der Waals surface area contributed by atoms with Gasteiger partial charge in [-0.25, -0.2) is 0 Å². The molecule has 1 saturated carbocycles. The summed E-state index contributed by atoms with van der Waals surface area (Å²) in [4.78, 5) is 24.9. The molecule has 0 radical (unpaired) electrons. The van der Waals surface area contributed by atoms with Gasteiger partial charge in [-0.1, -0.05) is 29.3 Å². The van der Waals surface area contributed by atoms with Crippen molar-refractivity contribution in [1.29, 1.82) is 0 Å². The fraction of sp³-hybridized carbons (Fsp3) is 0.529. The molecule has 2 fully saturated rings. The van der Waals surface area contributed by atoms with E-state index in [2.05, 4.69) is 0 Å². The summed E-state index contributed by atoms with van der Waals surface area (Å²) in [7, 11) is 0. The molecule has 1 aliphatic carbocycles. The minimum Gasteiger partial charge on any atom is -0.481 e. The van der Waals surface area contributed by atoms with E-state index in [4.69, 9.17) is 33.0 Å². The van der Waals surface area contributed by atoms with E-state index in [1.807, 2.05) is 6.07 Å². The second-order valence-electron chi connectivity index (χ2n) is 6.37. The van der Waals surface area contributed by atoms with E-state index in [0.717, 1.165) is 18.4 Å². The predicted molar refractivity (Wildman–Crippen MR) is 90.1 cm³/mol. The van der Waals surface area contributed by atoms with Crippen molar-refractivity contribution in [3.8, 4) is 0 Å². The van der Waals surface area contributed by atoms with E-state index in [9.17, 15) is 9.59 Å². The summed E-state index contributed by atoms with van der Waals surface area (Å²) >= 11 is 11.9. The highest BCUT2D eigenvalue weighted by molar-refractivity contribution is 6.42. The summed E-state index contributed by atoms with van der Waals surface area (Å²) in [6, 6.07) is 5.42. The van der Waals surface area contributed by atoms with Crippen LogP contribution < -0.4 is 0 Å². The standard InChI is InChI=1S/C17H19Cl2NO4/c18-14-2-1-10(7-15(14)19)9-24-11-3-5-20(6-4-11)16(21)12-8-13(12)17(22)23/h1-2,7,11-13H,3-6,8-9H2,(H,22,23). The Morgan fingerprint density at radius 2 is 1.88 bits per heavy atom. The van der Waals surface area contributed by atoms with Gasteiger partial charge in [-0.3, -0.25) is 9.59 Å². The van der Waals surface area contributed by atoms with Crippen molar-refractivity contribution in [2.24, 2.45) is 11.8 Å². The number of ether oxygens (including phenoxy) is 1. The molecule has 2 atom stereocenters. The van der Waals surface area contributed by atoms with Gasteiger partial charge in [-0.15, -0.1) is 0 Å². The second kappa shape index (κ2) is 7.30. The second-order valence-corrected chi connectivity index (χ2v) is 7.19. The first-order valence-corrected chi connectivity index (χ1v) is 8.78. The third kappa shape index (κ3) is 4.02. The number of halogens is 2. The third-order valence-electron chi connectivity index (χ3n) is 4.65. The van der Waals surface area contributed by atoms with Crippen molar-refractivity contribution in [3.63, 3.8) is 0 Å². The highest BCUT2D eigenvalue weighted by Gasteiger charge is 2.50. The van der Waals surface area contributed by atoms with Gasteiger partial charge in [0.1, 0.15) is 0 Å². The number of carboxylic acid groups (broad SMARTS) is 1. The number of carbonyl (C=O) groups excluding carboxylic acids is 1. The zero-order valence-corrected chi connectivity index (χ0v) is 14.6. The van der Waals surface area contributed by atoms with Crippen molar-refractivity contribution in [2.45, 2.75) is 32.0 Å². The van der Waals surface area contributed by atoms with Gasteiger partial charge in [-0.05, 0) is 37.0 Å². The minimum atomic E-state index is -0.867. The number of hydrogen-bond acceptors (Lipinski definition) is 3. The van der Waals surface area contributed by atoms with E-state index in [-0.39, 0.29) is 17.9 Å². The molecular formula is C17H19Cl2NO4. The van der Waals surface area contributed by atoms with Crippen LogP contribution in [0.5, 0.6) is 0 Å². The van der Waals surface area contributed by atoms with E-state index in [1.165, 1.54) is 0 Å². The van der Waals surface area contributed by atoms with Crippen LogP contribution in [0.4, 0.5) is 0 Å². The zero-order valence-electron chi connectivity index (χ0n) is 13.1. The van der Waals surface area contributed by atoms with E-state index < -0.39 is 11.9 Å². The topological polar surface area (TPSA) is 66.8 Å². The molecule has 1 aliphatic heterocycles. The summed E-state index contributed by atoms with van der Waals surface area (Å²) < 4.78 is 5.89. The maximum atomic E-state index is 12.2. The van der Waals surface area contributed by atoms with Crippen molar-refractivity contribution in [1.82, 2.24) is 4.90 Å². The number of aliphatic carboxylic acids is 1. The van der Waals surface area contributed by atoms with Gasteiger partial charge in [0.15, 0.2) is 0 Å². The van der Waals surface area contributed by atoms with Crippen molar-refractivity contribution >= 4 is 35.1 Å². The number of likely N-dealkylation sites (tertiary alicyclic amines) is 1. The first kappa shape index (κ1) is 17.5. The Hall–Kier alpha value is -1.30. The molecule has 0 aromatic heterocycles. The molecule has 2 unspecified atom stereocenters. The maximum Gasteiger partial charge on any atom is 0.307 e. The van der Waals surface area contributed by atoms with Gasteiger partial charge in [0.25, 0.3) is 0 Å². The minimum absolute atomic E-state index is 0.0228. The molecule has 2 aliphatic rings. The maximum absolute atomic E-state index is 12.2. The van der Waals surface area contributed by atoms with Crippen molar-refractivity contribution < 1.29 is 19.4 Å². The quantitative estimate of drug-likeness (QED) is 0.862. The lowest BCUT2D eigenvalue weighted by Gasteiger charge is -2.32. The number of benzene rings is 1. The van der Waals surface area contributed by atoms with Gasteiger partial charge >= 0.3 is 5.97 Å². The smallest absolute Gasteiger partial charge is 0.307 e. The van der Waals surface area contributed by atoms with E-state index in [0.29, 0.717) is 36.2 Å². The molecule has 3 rings (SSSR count). The third-order valence-corrected chi connectivity index (χ3v) is 5.39. The normalized spacial score (nSPS) is 24.0. The van der Waals surface area contributed by atoms with E-state index >= 15 is 0 Å². The molecule has 24 heavy (non-hydrogen) atoms. The van der Waals surface area contributed by atoms with Crippen molar-refractivity contribution in [3.05, 3.63) is 33.8 Å². The van der Waals surface area contributed by atoms with Crippen LogP contribution in [0.15, 0.2) is 18.2 Å². The summed E-state index contributed by atoms with van der Waals surface area (Å²) in [6.07, 6.45) is 2.09. The Labute approximate surface area is 150 Å². The molecule has 1 N–H and O–H groups in total. The summed E-state index contributed by atoms with van der Waals surface area (Å²) in [6.45, 7) is 1.70. The Balaban J connectivity index is 1.43. The highest BCUT2D eigenvalue weighted by atomic mass is 35.5. The monoisotopic (exact) mass is 371 g/mol. The number of carboxylic acids is 1. The molecular weight excluding hydrogens is 353 g/mol. The number of carbonyl (C=O) groups is 2. The Morgan fingerprint density at radius 3 is 2.46 bits per heavy atom. The lowest BCUT2D eigenvalue weighted by molar-refractivity contribution is -0.142. The molecule has 1 saturated heterocycles. The first-order valence-electron chi connectivity index (χ1n) is 8.03. The van der Waals surface area contributed by atoms with Crippen LogP contribution in [0, 0.1) is 11.8 Å². The average molecular weight is 372 g/mol. The Morgan fingerprint density at radius 1 is 1.17 bits per heavy atom. The molecule has 1 aromatic carbocycles. The fourth-order valence-electron chi connectivity index (χ4n) is 3.06. The van der Waals surface area contributed by atoms with Crippen LogP contribution in [-0.2, 0) is 20.9 Å². The van der Waals surface area contributed by atoms with Gasteiger partial charge in [-0.2, -0.15) is 0 Å². The van der Waals surface area contributed by atoms with Crippen LogP contribution in [0.1, 0.15) is 24.8 Å². The molecule has 1 aromatic rings. The van der Waals surface area contributed by atoms with Crippen LogP contribution in [0.25, 0.3) is 0 Å². The average Bonchev–Trinajstić information content (AvgIpc) is 3.37. The van der Waals surface area contributed by atoms with Crippen molar-refractivity contribution in [2.75, 3.05) is 13.1 Å². The Kier molecular flexibility index (Phi) is 5.33. The zero-order chi connectivity index (χ0) is 17.3. The van der Waals surface area contributed by atoms with Gasteiger partial charge in [0.2, 0.25) is 5.91 Å². The SMILES string of the molecule is O=C(O)C1CC1C(=O)N1CCC(OCc2ccc(Cl)c(Cl)c2)CC1. The van der Waals surface area contributed by atoms with Gasteiger partial charge in [0.05, 0.1) is 34.6 Å². The summed E-state index contributed by atoms with van der Waals surface area (Å²) in [5, 5.41) is 9.95. The number of hydrogen-bond donors (Lipinski definition) is 1. The summed E-state index contributed by atoms with van der Waals surface area (Å²) in [5.41, 5.74) is 0.963. The lowest BCUT2D eigenvalue weighted by Crippen LogP contribution is -2.42. The Bertz CT molecular complexity index is 643. The van der Waals surface area contributed by atoms with Crippen LogP contribution in [-0.4, -0.2) is 41.1 Å². The van der Waals surface area contributed by atoms with Gasteiger partial charge < -0.3 is 14.7 Å². The number of piperidine rings is 1. The highest BCUT2D eigenvalue weighted by Crippen LogP contribution is 2.40. The predicted octanol–water partition coefficient (Wildman–Crippen LogP) is 3.22. The molecule has 130 valence electrons. The van der Waals surface area contributed by atoms with Gasteiger partial charge in [0, 0.05) is 13.1 Å². The molecule has 0 spiro atoms. The van der Waals surface area contributed by atoms with Crippen LogP contribution >= 0.6 is 23.2 Å². The van der Waals surface area contributed by atoms with Crippen LogP contribution in [0.2, 0.25) is 10.0 Å². The van der Waals surface area contributed by atoms with Crippen LogP contribution in [0.3, 0.4) is 0 Å². The number of rotatable bonds is 5. The fourth-order valence-corrected chi connectivity index (χ4v) is 3.38. The number of amides is 1. The molecule has 1 amide bonds.